The van der Waals surface area contributed by atoms with E-state index in [1.165, 1.54) is 6.07 Å². The number of carbonyl (C=O) groups excluding carboxylic acids is 2. The molecule has 1 saturated carbocycles. The molecule has 0 amide bonds. The van der Waals surface area contributed by atoms with Gasteiger partial charge in [0.25, 0.3) is 0 Å². The molecule has 2 aromatic rings. The van der Waals surface area contributed by atoms with E-state index in [1.54, 1.807) is 24.3 Å². The van der Waals surface area contributed by atoms with Gasteiger partial charge in [-0.15, -0.1) is 0 Å². The van der Waals surface area contributed by atoms with Crippen molar-refractivity contribution in [2.75, 3.05) is 25.1 Å². The largest absolute Gasteiger partial charge is 0.460 e. The van der Waals surface area contributed by atoms with Gasteiger partial charge in [-0.05, 0) is 67.5 Å². The molecule has 0 saturated heterocycles. The number of aliphatic hydroxyl groups is 1. The van der Waals surface area contributed by atoms with Gasteiger partial charge in [0.05, 0.1) is 17.7 Å². The Hall–Kier alpha value is -2.87. The minimum absolute atomic E-state index is 0.0528. The summed E-state index contributed by atoms with van der Waals surface area (Å²) in [5.74, 6) is -0.336. The molecule has 0 bridgehead atoms. The average molecular weight is 463 g/mol. The Bertz CT molecular complexity index is 961. The van der Waals surface area contributed by atoms with Crippen molar-refractivity contribution in [2.45, 2.75) is 38.3 Å². The molecule has 1 aliphatic rings. The van der Waals surface area contributed by atoms with Crippen LogP contribution in [0, 0.1) is 11.8 Å². The number of halogens is 3. The second kappa shape index (κ2) is 11.3. The Morgan fingerprint density at radius 3 is 2.70 bits per heavy atom. The number of anilines is 1. The second-order valence-corrected chi connectivity index (χ2v) is 8.28. The molecule has 2 aromatic carbocycles. The zero-order valence-corrected chi connectivity index (χ0v) is 18.2. The predicted octanol–water partition coefficient (Wildman–Crippen LogP) is 4.88. The fourth-order valence-electron chi connectivity index (χ4n) is 4.27. The molecule has 2 N–H and O–H groups in total. The summed E-state index contributed by atoms with van der Waals surface area (Å²) < 4.78 is 43.7. The number of hydrogen-bond acceptors (Lipinski definition) is 5. The summed E-state index contributed by atoms with van der Waals surface area (Å²) in [7, 11) is 0. The Morgan fingerprint density at radius 2 is 1.94 bits per heavy atom. The summed E-state index contributed by atoms with van der Waals surface area (Å²) in [6, 6.07) is 12.2. The van der Waals surface area contributed by atoms with Gasteiger partial charge in [0.1, 0.15) is 12.4 Å². The number of ether oxygens (including phenoxy) is 1. The van der Waals surface area contributed by atoms with E-state index < -0.39 is 17.7 Å². The quantitative estimate of drug-likeness (QED) is 0.491. The van der Waals surface area contributed by atoms with E-state index >= 15 is 0 Å². The number of nitrogens with one attached hydrogen (secondary N) is 1. The van der Waals surface area contributed by atoms with E-state index in [0.29, 0.717) is 37.1 Å². The molecule has 178 valence electrons. The molecular weight excluding hydrogens is 435 g/mol. The van der Waals surface area contributed by atoms with Crippen molar-refractivity contribution in [3.05, 3.63) is 65.2 Å². The number of esters is 1. The fraction of sp³-hybridized carbons (Fsp3) is 0.440. The molecule has 1 aliphatic carbocycles. The van der Waals surface area contributed by atoms with Gasteiger partial charge in [-0.1, -0.05) is 18.2 Å². The van der Waals surface area contributed by atoms with Gasteiger partial charge in [0.2, 0.25) is 0 Å². The van der Waals surface area contributed by atoms with Crippen LogP contribution in [0.3, 0.4) is 0 Å². The molecule has 0 spiro atoms. The zero-order valence-electron chi connectivity index (χ0n) is 18.2. The van der Waals surface area contributed by atoms with Gasteiger partial charge in [-0.25, -0.2) is 4.79 Å². The second-order valence-electron chi connectivity index (χ2n) is 8.28. The van der Waals surface area contributed by atoms with E-state index in [9.17, 15) is 22.8 Å². The first-order chi connectivity index (χ1) is 15.8. The first-order valence-electron chi connectivity index (χ1n) is 11.1. The molecule has 0 aliphatic heterocycles. The molecule has 5 nitrogen and oxygen atoms in total. The van der Waals surface area contributed by atoms with Gasteiger partial charge in [-0.3, -0.25) is 4.79 Å². The standard InChI is InChI=1S/C25H28F3NO4/c26-25(27,28)20-7-3-8-21(15-20)29-16-19-10-11-23(31)22(19)9-2-5-17-4-1-6-18(14-17)24(32)33-13-12-30/h1,3-4,6-8,14-15,19,22,29-30H,2,5,9-13,16H2/t19-,22-/m1/s1. The lowest BCUT2D eigenvalue weighted by Gasteiger charge is -2.20. The summed E-state index contributed by atoms with van der Waals surface area (Å²) in [5.41, 5.74) is 1.07. The third-order valence-electron chi connectivity index (χ3n) is 5.97. The van der Waals surface area contributed by atoms with Crippen molar-refractivity contribution in [1.82, 2.24) is 0 Å². The molecule has 0 aromatic heterocycles. The third-order valence-corrected chi connectivity index (χ3v) is 5.97. The van der Waals surface area contributed by atoms with Gasteiger partial charge in [0, 0.05) is 24.6 Å². The van der Waals surface area contributed by atoms with Crippen LogP contribution in [0.15, 0.2) is 48.5 Å². The lowest BCUT2D eigenvalue weighted by molar-refractivity contribution is -0.137. The number of rotatable bonds is 10. The summed E-state index contributed by atoms with van der Waals surface area (Å²) in [4.78, 5) is 24.4. The van der Waals surface area contributed by atoms with Gasteiger partial charge in [0.15, 0.2) is 0 Å². The van der Waals surface area contributed by atoms with Crippen LogP contribution in [-0.2, 0) is 22.1 Å². The van der Waals surface area contributed by atoms with Gasteiger partial charge >= 0.3 is 12.1 Å². The SMILES string of the molecule is O=C(OCCO)c1cccc(CCC[C@H]2C(=O)CC[C@@H]2CNc2cccc(C(F)(F)F)c2)c1. The van der Waals surface area contributed by atoms with Gasteiger partial charge in [-0.2, -0.15) is 13.2 Å². The van der Waals surface area contributed by atoms with Crippen LogP contribution in [0.2, 0.25) is 0 Å². The van der Waals surface area contributed by atoms with E-state index in [1.807, 2.05) is 6.07 Å². The van der Waals surface area contributed by atoms with E-state index in [2.05, 4.69) is 5.32 Å². The lowest BCUT2D eigenvalue weighted by Crippen LogP contribution is -2.22. The number of aliphatic hydroxyl groups excluding tert-OH is 1. The highest BCUT2D eigenvalue weighted by Crippen LogP contribution is 2.34. The molecule has 1 fully saturated rings. The van der Waals surface area contributed by atoms with Crippen molar-refractivity contribution in [2.24, 2.45) is 11.8 Å². The van der Waals surface area contributed by atoms with Crippen molar-refractivity contribution < 1.29 is 32.6 Å². The van der Waals surface area contributed by atoms with Crippen molar-refractivity contribution in [1.29, 1.82) is 0 Å². The number of hydrogen-bond donors (Lipinski definition) is 2. The number of alkyl halides is 3. The van der Waals surface area contributed by atoms with E-state index in [4.69, 9.17) is 9.84 Å². The van der Waals surface area contributed by atoms with Crippen molar-refractivity contribution >= 4 is 17.4 Å². The number of Topliss-reactive ketones (excluding diaryl/α,β-unsaturated/α-hetero) is 1. The van der Waals surface area contributed by atoms with Crippen LogP contribution in [-0.4, -0.2) is 36.6 Å². The average Bonchev–Trinajstić information content (AvgIpc) is 3.15. The Balaban J connectivity index is 1.52. The summed E-state index contributed by atoms with van der Waals surface area (Å²) >= 11 is 0. The van der Waals surface area contributed by atoms with Crippen LogP contribution < -0.4 is 5.32 Å². The molecule has 33 heavy (non-hydrogen) atoms. The molecule has 2 atom stereocenters. The smallest absolute Gasteiger partial charge is 0.416 e. The zero-order chi connectivity index (χ0) is 23.8. The molecular formula is C25H28F3NO4. The Kier molecular flexibility index (Phi) is 8.49. The monoisotopic (exact) mass is 463 g/mol. The van der Waals surface area contributed by atoms with Crippen molar-refractivity contribution in [3.8, 4) is 0 Å². The first-order valence-corrected chi connectivity index (χ1v) is 11.1. The molecule has 3 rings (SSSR count). The minimum Gasteiger partial charge on any atom is -0.460 e. The maximum absolute atomic E-state index is 12.9. The van der Waals surface area contributed by atoms with Gasteiger partial charge < -0.3 is 15.2 Å². The number of ketones is 1. The first kappa shape index (κ1) is 24.8. The summed E-state index contributed by atoms with van der Waals surface area (Å²) in [5, 5.41) is 11.8. The third kappa shape index (κ3) is 7.05. The number of benzene rings is 2. The van der Waals surface area contributed by atoms with E-state index in [0.717, 1.165) is 30.5 Å². The molecule has 0 radical (unpaired) electrons. The van der Waals surface area contributed by atoms with Crippen LogP contribution in [0.1, 0.15) is 47.2 Å². The number of carbonyl (C=O) groups is 2. The fourth-order valence-corrected chi connectivity index (χ4v) is 4.27. The topological polar surface area (TPSA) is 75.6 Å². The van der Waals surface area contributed by atoms with Crippen LogP contribution in [0.25, 0.3) is 0 Å². The normalized spacial score (nSPS) is 18.4. The molecule has 8 heteroatoms. The molecule has 0 heterocycles. The van der Waals surface area contributed by atoms with Crippen molar-refractivity contribution in [3.63, 3.8) is 0 Å². The summed E-state index contributed by atoms with van der Waals surface area (Å²) in [6.07, 6.45) is -1.04. The Labute approximate surface area is 191 Å². The lowest BCUT2D eigenvalue weighted by atomic mass is 9.89. The molecule has 0 unspecified atom stereocenters. The number of aryl methyl sites for hydroxylation is 1. The Morgan fingerprint density at radius 1 is 1.15 bits per heavy atom. The maximum atomic E-state index is 12.9. The van der Waals surface area contributed by atoms with Crippen LogP contribution in [0.4, 0.5) is 18.9 Å². The highest BCUT2D eigenvalue weighted by atomic mass is 19.4. The van der Waals surface area contributed by atoms with Crippen LogP contribution in [0.5, 0.6) is 0 Å². The highest BCUT2D eigenvalue weighted by Gasteiger charge is 2.34. The predicted molar refractivity (Wildman–Crippen MR) is 118 cm³/mol. The highest BCUT2D eigenvalue weighted by molar-refractivity contribution is 5.89. The van der Waals surface area contributed by atoms with E-state index in [-0.39, 0.29) is 30.8 Å². The minimum atomic E-state index is -4.39. The van der Waals surface area contributed by atoms with Crippen LogP contribution >= 0.6 is 0 Å². The maximum Gasteiger partial charge on any atom is 0.416 e. The summed E-state index contributed by atoms with van der Waals surface area (Å²) in [6.45, 7) is 0.164.